The Balaban J connectivity index is 0.898. The number of carbonyl (C=O) groups is 2. The molecule has 27 heteroatoms. The summed E-state index contributed by atoms with van der Waals surface area (Å²) in [7, 11) is 7.29. The van der Waals surface area contributed by atoms with Crippen LogP contribution in [0.2, 0.25) is 0 Å². The van der Waals surface area contributed by atoms with Crippen LogP contribution >= 0.6 is 0 Å². The Hall–Kier alpha value is -3.86. The number of fused-ring (bicyclic) bond motifs is 3. The van der Waals surface area contributed by atoms with Crippen molar-refractivity contribution in [1.29, 1.82) is 0 Å². The maximum atomic E-state index is 14.6. The minimum atomic E-state index is -1.99. The van der Waals surface area contributed by atoms with Crippen molar-refractivity contribution >= 4 is 11.6 Å². The first-order valence-electron chi connectivity index (χ1n) is 30.2. The lowest BCUT2D eigenvalue weighted by Gasteiger charge is -2.50. The molecule has 10 rings (SSSR count). The lowest BCUT2D eigenvalue weighted by Crippen LogP contribution is -2.59. The summed E-state index contributed by atoms with van der Waals surface area (Å²) in [6.07, 6.45) is -23.3. The first kappa shape index (κ1) is 66.1. The highest BCUT2D eigenvalue weighted by molar-refractivity contribution is 6.32. The lowest BCUT2D eigenvalue weighted by atomic mass is 9.70. The Labute approximate surface area is 504 Å². The Morgan fingerprint density at radius 3 is 1.16 bits per heavy atom. The number of phenolic OH excluding ortho intramolecular Hbond substituents is 4. The summed E-state index contributed by atoms with van der Waals surface area (Å²) in [5.74, 6) is -5.22. The standard InChI is InChI=1S/C60H88N2O25/c1-12-60(75)21-36(82-37-15-28(61(8)9)55(24(4)78-37)83-41-19-34(67)57(26(6)80-41)85-39-17-32(65)49(69)22(2)76-39)45-48(54(74)47-46(53(45)73)51(71)43-30(63)13-14-31(64)44(43)52(47)72)59(60)87-38-16-29(62(10)11)56(25(5)79-38)84-42-20-35(68)58(27(7)81-42)86-40-18-33(66)50(70)23(3)77-40/h13-14,22-29,32-42,49-50,55-59,63-70,73-75H,12,15-21H2,1-11H3/t22-,23-,24-,25-,26-,27-,28-,29-,32-,33-,34-,35-,36-,37-,38-,39-,40-,41-,42-,49+,50+,55+,56+,57+,58+,59+,60+/m0/s1. The molecule has 27 atom stereocenters. The van der Waals surface area contributed by atoms with Gasteiger partial charge < -0.3 is 123 Å². The molecule has 2 aliphatic carbocycles. The van der Waals surface area contributed by atoms with E-state index in [-0.39, 0.29) is 62.5 Å². The van der Waals surface area contributed by atoms with E-state index in [4.69, 9.17) is 56.8 Å². The van der Waals surface area contributed by atoms with Gasteiger partial charge in [0.25, 0.3) is 0 Å². The molecular weight excluding hydrogens is 1150 g/mol. The monoisotopic (exact) mass is 1240 g/mol. The normalized spacial score (nSPS) is 43.5. The molecule has 0 unspecified atom stereocenters. The smallest absolute Gasteiger partial charge is 0.202 e. The Morgan fingerprint density at radius 2 is 0.793 bits per heavy atom. The number of aliphatic hydroxyl groups excluding tert-OH is 6. The topological polar surface area (TPSA) is 374 Å². The first-order chi connectivity index (χ1) is 41.0. The Kier molecular flexibility index (Phi) is 19.8. The minimum absolute atomic E-state index is 0.00965. The third-order valence-electron chi connectivity index (χ3n) is 18.9. The fraction of sp³-hybridized carbons (Fsp3) is 0.767. The molecule has 0 amide bonds. The average Bonchev–Trinajstić information content (AvgIpc) is 0.714. The van der Waals surface area contributed by atoms with E-state index in [0.717, 1.165) is 12.1 Å². The van der Waals surface area contributed by atoms with Crippen molar-refractivity contribution in [2.24, 2.45) is 0 Å². The number of ketones is 2. The summed E-state index contributed by atoms with van der Waals surface area (Å²) in [6, 6.07) is 1.07. The summed E-state index contributed by atoms with van der Waals surface area (Å²) in [5, 5.41) is 124. The van der Waals surface area contributed by atoms with Gasteiger partial charge in [-0.05, 0) is 88.3 Å². The van der Waals surface area contributed by atoms with Crippen molar-refractivity contribution in [2.75, 3.05) is 28.2 Å². The number of nitrogens with zero attached hydrogens (tertiary/aromatic N) is 2. The second kappa shape index (κ2) is 26.0. The predicted octanol–water partition coefficient (Wildman–Crippen LogP) is 1.32. The van der Waals surface area contributed by atoms with Gasteiger partial charge in [-0.3, -0.25) is 9.59 Å². The van der Waals surface area contributed by atoms with Gasteiger partial charge in [-0.2, -0.15) is 0 Å². The van der Waals surface area contributed by atoms with Gasteiger partial charge in [0.1, 0.15) is 65.7 Å². The third-order valence-corrected chi connectivity index (χ3v) is 18.9. The van der Waals surface area contributed by atoms with Gasteiger partial charge in [-0.25, -0.2) is 0 Å². The van der Waals surface area contributed by atoms with Gasteiger partial charge in [-0.15, -0.1) is 0 Å². The van der Waals surface area contributed by atoms with E-state index in [1.807, 2.05) is 38.0 Å². The summed E-state index contributed by atoms with van der Waals surface area (Å²) >= 11 is 0. The number of hydrogen-bond acceptors (Lipinski definition) is 27. The third kappa shape index (κ3) is 12.8. The van der Waals surface area contributed by atoms with Crippen LogP contribution in [0.15, 0.2) is 12.1 Å². The molecule has 0 bridgehead atoms. The number of carbonyl (C=O) groups excluding carboxylic acids is 2. The van der Waals surface area contributed by atoms with E-state index < -0.39 is 222 Å². The van der Waals surface area contributed by atoms with Gasteiger partial charge >= 0.3 is 0 Å². The van der Waals surface area contributed by atoms with Crippen molar-refractivity contribution in [2.45, 2.75) is 265 Å². The second-order valence-electron chi connectivity index (χ2n) is 25.3. The number of ether oxygens (including phenoxy) is 12. The van der Waals surface area contributed by atoms with Gasteiger partial charge in [0.05, 0.1) is 95.0 Å². The van der Waals surface area contributed by atoms with Crippen molar-refractivity contribution in [3.63, 3.8) is 0 Å². The van der Waals surface area contributed by atoms with Gasteiger partial charge in [0.2, 0.25) is 11.6 Å². The molecule has 2 aromatic rings. The number of aliphatic hydroxyl groups is 7. The molecule has 0 spiro atoms. The van der Waals surface area contributed by atoms with Crippen LogP contribution in [0.4, 0.5) is 0 Å². The van der Waals surface area contributed by atoms with Crippen molar-refractivity contribution in [3.8, 4) is 23.0 Å². The van der Waals surface area contributed by atoms with E-state index in [9.17, 15) is 65.8 Å². The highest BCUT2D eigenvalue weighted by Crippen LogP contribution is 2.59. The Bertz CT molecular complexity index is 2740. The summed E-state index contributed by atoms with van der Waals surface area (Å²) < 4.78 is 76.2. The number of aromatic hydroxyl groups is 4. The summed E-state index contributed by atoms with van der Waals surface area (Å²) in [4.78, 5) is 33.0. The lowest BCUT2D eigenvalue weighted by molar-refractivity contribution is -0.336. The molecule has 0 saturated carbocycles. The molecular formula is C60H88N2O25. The Morgan fingerprint density at radius 1 is 0.460 bits per heavy atom. The number of hydrogen-bond donors (Lipinski definition) is 11. The minimum Gasteiger partial charge on any atom is -0.507 e. The zero-order valence-corrected chi connectivity index (χ0v) is 50.9. The van der Waals surface area contributed by atoms with Crippen LogP contribution in [0, 0.1) is 0 Å². The van der Waals surface area contributed by atoms with E-state index in [1.54, 1.807) is 48.5 Å². The molecule has 2 aromatic carbocycles. The average molecular weight is 1240 g/mol. The molecule has 11 N–H and O–H groups in total. The number of phenols is 4. The molecule has 6 fully saturated rings. The zero-order chi connectivity index (χ0) is 63.2. The van der Waals surface area contributed by atoms with E-state index in [0.29, 0.717) is 0 Å². The maximum Gasteiger partial charge on any atom is 0.202 e. The van der Waals surface area contributed by atoms with Crippen LogP contribution < -0.4 is 0 Å². The highest BCUT2D eigenvalue weighted by Gasteiger charge is 2.56. The highest BCUT2D eigenvalue weighted by atomic mass is 16.8. The van der Waals surface area contributed by atoms with Gasteiger partial charge in [-0.1, -0.05) is 6.92 Å². The molecule has 27 nitrogen and oxygen atoms in total. The molecule has 6 heterocycles. The molecule has 488 valence electrons. The number of rotatable bonds is 15. The first-order valence-corrected chi connectivity index (χ1v) is 30.2. The fourth-order valence-corrected chi connectivity index (χ4v) is 14.0. The zero-order valence-electron chi connectivity index (χ0n) is 50.9. The molecule has 6 aliphatic heterocycles. The van der Waals surface area contributed by atoms with E-state index in [1.165, 1.54) is 0 Å². The SMILES string of the molecule is CC[C@@]1(O)C[C@H](O[C@H]2C[C@H](N(C)C)[C@H](O[C@H]3C[C@H](O)[C@H](O[C@H]4C[C@H](O)[C@H](O)[C@H](C)O4)[C@H](C)O3)[C@H](C)O2)c2c(O)c3c(c(O)c2[C@H]1O[C@H]1C[C@H](N(C)C)[C@H](O[C@H]2C[C@H](O)[C@H](O[C@H]4C[C@H](O)[C@H](O)[C@H](C)O4)[C@H](C)O2)[C@H](C)O1)C(=O)c1c(O)ccc(O)c1C3=O. The molecule has 8 aliphatic rings. The molecule has 0 radical (unpaired) electrons. The fourth-order valence-electron chi connectivity index (χ4n) is 14.0. The number of likely N-dealkylation sites (N-methyl/N-ethyl adjacent to an activating group) is 2. The van der Waals surface area contributed by atoms with Crippen LogP contribution in [-0.2, 0) is 56.8 Å². The van der Waals surface area contributed by atoms with Crippen LogP contribution in [0.1, 0.15) is 155 Å². The van der Waals surface area contributed by atoms with Crippen LogP contribution in [0.5, 0.6) is 23.0 Å². The molecule has 0 aromatic heterocycles. The summed E-state index contributed by atoms with van der Waals surface area (Å²) in [5.41, 5.74) is -5.13. The number of benzene rings is 2. The largest absolute Gasteiger partial charge is 0.507 e. The van der Waals surface area contributed by atoms with Crippen LogP contribution in [0.25, 0.3) is 0 Å². The van der Waals surface area contributed by atoms with E-state index in [2.05, 4.69) is 0 Å². The van der Waals surface area contributed by atoms with Crippen molar-refractivity contribution in [3.05, 3.63) is 45.5 Å². The van der Waals surface area contributed by atoms with E-state index >= 15 is 0 Å². The quantitative estimate of drug-likeness (QED) is 0.0956. The van der Waals surface area contributed by atoms with Crippen molar-refractivity contribution < 1.29 is 123 Å². The van der Waals surface area contributed by atoms with Crippen LogP contribution in [-0.4, -0.2) is 259 Å². The van der Waals surface area contributed by atoms with Crippen molar-refractivity contribution in [1.82, 2.24) is 9.80 Å². The molecule has 87 heavy (non-hydrogen) atoms. The maximum absolute atomic E-state index is 14.6. The van der Waals surface area contributed by atoms with Gasteiger partial charge in [0.15, 0.2) is 37.7 Å². The molecule has 6 saturated heterocycles. The van der Waals surface area contributed by atoms with Crippen LogP contribution in [0.3, 0.4) is 0 Å². The summed E-state index contributed by atoms with van der Waals surface area (Å²) in [6.45, 7) is 11.8. The second-order valence-corrected chi connectivity index (χ2v) is 25.3. The van der Waals surface area contributed by atoms with Gasteiger partial charge in [0, 0.05) is 68.2 Å². The predicted molar refractivity (Wildman–Crippen MR) is 298 cm³/mol.